The second-order valence-electron chi connectivity index (χ2n) is 4.63. The molecule has 1 aromatic rings. The van der Waals surface area contributed by atoms with Gasteiger partial charge in [0, 0.05) is 5.75 Å². The van der Waals surface area contributed by atoms with Crippen LogP contribution in [0.5, 0.6) is 0 Å². The number of nitrogens with zero attached hydrogens (tertiary/aromatic N) is 5. The molecule has 19 heavy (non-hydrogen) atoms. The van der Waals surface area contributed by atoms with Gasteiger partial charge < -0.3 is 10.0 Å². The Morgan fingerprint density at radius 1 is 1.53 bits per heavy atom. The number of aliphatic carboxylic acids is 1. The van der Waals surface area contributed by atoms with Crippen molar-refractivity contribution in [2.75, 3.05) is 5.75 Å². The summed E-state index contributed by atoms with van der Waals surface area (Å²) in [6.07, 6.45) is 1.33. The summed E-state index contributed by atoms with van der Waals surface area (Å²) < 4.78 is 1.29. The fourth-order valence-electron chi connectivity index (χ4n) is 2.02. The van der Waals surface area contributed by atoms with Crippen LogP contribution in [0.1, 0.15) is 13.8 Å². The molecule has 1 aromatic heterocycles. The molecule has 2 heterocycles. The first-order valence-electron chi connectivity index (χ1n) is 5.87. The van der Waals surface area contributed by atoms with E-state index in [1.165, 1.54) is 27.7 Å². The van der Waals surface area contributed by atoms with Gasteiger partial charge in [-0.05, 0) is 16.3 Å². The average molecular weight is 285 g/mol. The first-order chi connectivity index (χ1) is 9.00. The summed E-state index contributed by atoms with van der Waals surface area (Å²) in [4.78, 5) is 25.0. The third-order valence-electron chi connectivity index (χ3n) is 2.87. The Hall–Kier alpha value is -1.64. The van der Waals surface area contributed by atoms with Crippen LogP contribution in [-0.2, 0) is 16.1 Å². The Bertz CT molecular complexity index is 464. The summed E-state index contributed by atoms with van der Waals surface area (Å²) in [6, 6.07) is -0.776. The summed E-state index contributed by atoms with van der Waals surface area (Å²) in [5, 5.41) is 19.6. The number of thioether (sulfide) groups is 1. The molecule has 0 spiro atoms. The third-order valence-corrected chi connectivity index (χ3v) is 4.49. The molecule has 2 rings (SSSR count). The highest BCUT2D eigenvalue weighted by Gasteiger charge is 2.42. The van der Waals surface area contributed by atoms with E-state index >= 15 is 0 Å². The molecule has 104 valence electrons. The van der Waals surface area contributed by atoms with Crippen LogP contribution < -0.4 is 0 Å². The largest absolute Gasteiger partial charge is 0.480 e. The number of carbonyl (C=O) groups is 2. The highest BCUT2D eigenvalue weighted by molar-refractivity contribution is 8.00. The SMILES string of the molecule is CC(C)C1SCC(C(=O)O)N1C(=O)Cn1cnnn1. The zero-order chi connectivity index (χ0) is 14.0. The number of carboxylic acid groups (broad SMARTS) is 1. The quantitative estimate of drug-likeness (QED) is 0.809. The lowest BCUT2D eigenvalue weighted by Crippen LogP contribution is -2.48. The van der Waals surface area contributed by atoms with Crippen molar-refractivity contribution in [2.45, 2.75) is 31.8 Å². The second kappa shape index (κ2) is 5.55. The molecule has 8 nitrogen and oxygen atoms in total. The van der Waals surface area contributed by atoms with Crippen LogP contribution >= 0.6 is 11.8 Å². The number of rotatable bonds is 4. The van der Waals surface area contributed by atoms with Crippen LogP contribution in [0, 0.1) is 5.92 Å². The first-order valence-corrected chi connectivity index (χ1v) is 6.92. The summed E-state index contributed by atoms with van der Waals surface area (Å²) in [7, 11) is 0. The van der Waals surface area contributed by atoms with E-state index in [4.69, 9.17) is 0 Å². The Kier molecular flexibility index (Phi) is 4.03. The van der Waals surface area contributed by atoms with Gasteiger partial charge in [0.05, 0.1) is 5.37 Å². The lowest BCUT2D eigenvalue weighted by Gasteiger charge is -2.29. The molecule has 0 saturated carbocycles. The molecule has 1 N–H and O–H groups in total. The van der Waals surface area contributed by atoms with E-state index in [2.05, 4.69) is 15.5 Å². The lowest BCUT2D eigenvalue weighted by atomic mass is 10.1. The van der Waals surface area contributed by atoms with Crippen LogP contribution in [0.2, 0.25) is 0 Å². The molecule has 1 amide bonds. The van der Waals surface area contributed by atoms with Crippen molar-refractivity contribution < 1.29 is 14.7 Å². The number of carboxylic acids is 1. The molecule has 2 unspecified atom stereocenters. The smallest absolute Gasteiger partial charge is 0.327 e. The minimum absolute atomic E-state index is 0.0411. The van der Waals surface area contributed by atoms with E-state index in [0.29, 0.717) is 5.75 Å². The predicted molar refractivity (Wildman–Crippen MR) is 67.2 cm³/mol. The van der Waals surface area contributed by atoms with E-state index in [1.807, 2.05) is 13.8 Å². The standard InChI is InChI=1S/C10H15N5O3S/c1-6(2)9-15(7(4-19-9)10(17)18)8(16)3-14-5-11-12-13-14/h5-7,9H,3-4H2,1-2H3,(H,17,18). The zero-order valence-corrected chi connectivity index (χ0v) is 11.4. The Labute approximate surface area is 114 Å². The summed E-state index contributed by atoms with van der Waals surface area (Å²) in [5.41, 5.74) is 0. The van der Waals surface area contributed by atoms with E-state index < -0.39 is 12.0 Å². The van der Waals surface area contributed by atoms with Gasteiger partial charge in [0.15, 0.2) is 0 Å². The van der Waals surface area contributed by atoms with Crippen LogP contribution in [0.15, 0.2) is 6.33 Å². The minimum Gasteiger partial charge on any atom is -0.480 e. The van der Waals surface area contributed by atoms with Crippen molar-refractivity contribution in [3.8, 4) is 0 Å². The molecule has 1 aliphatic heterocycles. The molecule has 0 aliphatic carbocycles. The van der Waals surface area contributed by atoms with Gasteiger partial charge in [-0.15, -0.1) is 16.9 Å². The van der Waals surface area contributed by atoms with Crippen molar-refractivity contribution in [1.82, 2.24) is 25.1 Å². The van der Waals surface area contributed by atoms with Crippen molar-refractivity contribution in [3.05, 3.63) is 6.33 Å². The Morgan fingerprint density at radius 2 is 2.26 bits per heavy atom. The van der Waals surface area contributed by atoms with Gasteiger partial charge in [0.25, 0.3) is 0 Å². The van der Waals surface area contributed by atoms with Crippen LogP contribution in [0.25, 0.3) is 0 Å². The number of aromatic nitrogens is 4. The fraction of sp³-hybridized carbons (Fsp3) is 0.700. The number of amides is 1. The van der Waals surface area contributed by atoms with Crippen LogP contribution in [0.3, 0.4) is 0 Å². The molecular formula is C10H15N5O3S. The summed E-state index contributed by atoms with van der Waals surface area (Å²) >= 11 is 1.50. The highest BCUT2D eigenvalue weighted by Crippen LogP contribution is 2.34. The number of hydrogen-bond donors (Lipinski definition) is 1. The maximum absolute atomic E-state index is 12.3. The van der Waals surface area contributed by atoms with Gasteiger partial charge in [0.1, 0.15) is 18.9 Å². The molecule has 1 aliphatic rings. The maximum atomic E-state index is 12.3. The molecule has 9 heteroatoms. The van der Waals surface area contributed by atoms with Gasteiger partial charge >= 0.3 is 5.97 Å². The number of tetrazole rings is 1. The normalized spacial score (nSPS) is 23.0. The van der Waals surface area contributed by atoms with E-state index in [9.17, 15) is 14.7 Å². The Balaban J connectivity index is 2.16. The van der Waals surface area contributed by atoms with Crippen molar-refractivity contribution in [1.29, 1.82) is 0 Å². The monoisotopic (exact) mass is 285 g/mol. The molecule has 1 saturated heterocycles. The zero-order valence-electron chi connectivity index (χ0n) is 10.6. The minimum atomic E-state index is -0.972. The summed E-state index contributed by atoms with van der Waals surface area (Å²) in [5.74, 6) is -0.643. The molecule has 1 fully saturated rings. The maximum Gasteiger partial charge on any atom is 0.327 e. The number of hydrogen-bond acceptors (Lipinski definition) is 6. The molecule has 0 aromatic carbocycles. The molecule has 0 bridgehead atoms. The van der Waals surface area contributed by atoms with E-state index in [-0.39, 0.29) is 23.7 Å². The van der Waals surface area contributed by atoms with Gasteiger partial charge in [-0.3, -0.25) is 4.79 Å². The average Bonchev–Trinajstić information content (AvgIpc) is 2.95. The number of carbonyl (C=O) groups excluding carboxylic acids is 1. The van der Waals surface area contributed by atoms with Gasteiger partial charge in [-0.1, -0.05) is 13.8 Å². The highest BCUT2D eigenvalue weighted by atomic mass is 32.2. The molecular weight excluding hydrogens is 270 g/mol. The second-order valence-corrected chi connectivity index (χ2v) is 5.78. The van der Waals surface area contributed by atoms with Gasteiger partial charge in [-0.25, -0.2) is 9.48 Å². The third kappa shape index (κ3) is 2.86. The van der Waals surface area contributed by atoms with Crippen molar-refractivity contribution in [2.24, 2.45) is 5.92 Å². The fourth-order valence-corrected chi connectivity index (χ4v) is 3.51. The summed E-state index contributed by atoms with van der Waals surface area (Å²) in [6.45, 7) is 3.90. The van der Waals surface area contributed by atoms with Crippen molar-refractivity contribution >= 4 is 23.6 Å². The lowest BCUT2D eigenvalue weighted by molar-refractivity contribution is -0.149. The molecule has 0 radical (unpaired) electrons. The van der Waals surface area contributed by atoms with E-state index in [0.717, 1.165) is 0 Å². The predicted octanol–water partition coefficient (Wildman–Crippen LogP) is -0.316. The van der Waals surface area contributed by atoms with Crippen LogP contribution in [0.4, 0.5) is 0 Å². The van der Waals surface area contributed by atoms with E-state index in [1.54, 1.807) is 0 Å². The molecule has 2 atom stereocenters. The first kappa shape index (κ1) is 13.8. The van der Waals surface area contributed by atoms with Crippen molar-refractivity contribution in [3.63, 3.8) is 0 Å². The van der Waals surface area contributed by atoms with Gasteiger partial charge in [-0.2, -0.15) is 0 Å². The topological polar surface area (TPSA) is 101 Å². The Morgan fingerprint density at radius 3 is 2.79 bits per heavy atom. The van der Waals surface area contributed by atoms with Crippen LogP contribution in [-0.4, -0.2) is 59.3 Å². The van der Waals surface area contributed by atoms with Gasteiger partial charge in [0.2, 0.25) is 5.91 Å².